The first-order valence-corrected chi connectivity index (χ1v) is 11.2. The van der Waals surface area contributed by atoms with Crippen LogP contribution in [-0.4, -0.2) is 48.1 Å². The predicted octanol–water partition coefficient (Wildman–Crippen LogP) is 0.535. The van der Waals surface area contributed by atoms with E-state index >= 15 is 0 Å². The molecule has 0 unspecified atom stereocenters. The molecule has 2 radical (unpaired) electrons. The first-order chi connectivity index (χ1) is 14.1. The fourth-order valence-electron chi connectivity index (χ4n) is 5.14. The highest BCUT2D eigenvalue weighted by molar-refractivity contribution is 6.55. The third kappa shape index (κ3) is 3.22. The highest BCUT2D eigenvalue weighted by Crippen LogP contribution is 2.57. The minimum absolute atomic E-state index is 0.0451. The number of hydrogen-bond donors (Lipinski definition) is 3. The number of aromatic amines is 1. The molecule has 0 spiro atoms. The van der Waals surface area contributed by atoms with Crippen molar-refractivity contribution in [1.82, 2.24) is 9.55 Å². The van der Waals surface area contributed by atoms with E-state index in [0.717, 1.165) is 5.19 Å². The minimum atomic E-state index is -1.28. The van der Waals surface area contributed by atoms with E-state index < -0.39 is 34.2 Å². The van der Waals surface area contributed by atoms with Crippen molar-refractivity contribution in [3.8, 4) is 0 Å². The van der Waals surface area contributed by atoms with Crippen molar-refractivity contribution < 1.29 is 14.9 Å². The first kappa shape index (κ1) is 22.7. The van der Waals surface area contributed by atoms with Gasteiger partial charge in [0.1, 0.15) is 11.5 Å². The summed E-state index contributed by atoms with van der Waals surface area (Å²) < 4.78 is 7.91. The second-order valence-electron chi connectivity index (χ2n) is 8.60. The topological polar surface area (TPSA) is 105 Å². The molecule has 8 heteroatoms. The molecule has 1 aromatic carbocycles. The molecule has 1 aliphatic rings. The minimum Gasteiger partial charge on any atom is -0.394 e. The van der Waals surface area contributed by atoms with Gasteiger partial charge in [-0.3, -0.25) is 14.3 Å². The Morgan fingerprint density at radius 2 is 1.77 bits per heavy atom. The molecule has 3 rings (SSSR count). The van der Waals surface area contributed by atoms with Gasteiger partial charge in [0, 0.05) is 17.2 Å². The molecular weight excluding hydrogens is 400 g/mol. The number of benzene rings is 1. The Hall–Kier alpha value is -2.00. The lowest BCUT2D eigenvalue weighted by atomic mass is 9.63. The molecule has 0 bridgehead atoms. The van der Waals surface area contributed by atoms with E-state index in [4.69, 9.17) is 4.74 Å². The van der Waals surface area contributed by atoms with E-state index in [2.05, 4.69) is 4.98 Å². The normalized spacial score (nSPS) is 25.9. The summed E-state index contributed by atoms with van der Waals surface area (Å²) in [7, 11) is -0.0451. The van der Waals surface area contributed by atoms with Gasteiger partial charge in [-0.15, -0.1) is 0 Å². The Morgan fingerprint density at radius 3 is 2.30 bits per heavy atom. The van der Waals surface area contributed by atoms with Crippen molar-refractivity contribution in [2.24, 2.45) is 17.3 Å². The second kappa shape index (κ2) is 8.26. The number of rotatable bonds is 6. The summed E-state index contributed by atoms with van der Waals surface area (Å²) in [4.78, 5) is 27.6. The van der Waals surface area contributed by atoms with Gasteiger partial charge in [-0.1, -0.05) is 63.2 Å². The molecule has 7 nitrogen and oxygen atoms in total. The lowest BCUT2D eigenvalue weighted by Crippen LogP contribution is -2.65. The summed E-state index contributed by atoms with van der Waals surface area (Å²) in [5, 5.41) is 21.1. The number of aromatic nitrogens is 2. The van der Waals surface area contributed by atoms with Gasteiger partial charge in [0.05, 0.1) is 12.7 Å². The number of nitrogens with zero attached hydrogens (tertiary/aromatic N) is 1. The Morgan fingerprint density at radius 1 is 1.17 bits per heavy atom. The van der Waals surface area contributed by atoms with Crippen LogP contribution in [0.4, 0.5) is 0 Å². The molecule has 1 fully saturated rings. The van der Waals surface area contributed by atoms with Crippen LogP contribution >= 0.6 is 0 Å². The second-order valence-corrected chi connectivity index (χ2v) is 10.1. The quantitative estimate of drug-likeness (QED) is 0.580. The molecule has 2 heterocycles. The van der Waals surface area contributed by atoms with Gasteiger partial charge in [0.15, 0.2) is 9.52 Å². The van der Waals surface area contributed by atoms with E-state index in [1.165, 1.54) is 10.8 Å². The number of ether oxygens (including phenoxy) is 1. The van der Waals surface area contributed by atoms with Crippen LogP contribution in [0, 0.1) is 24.2 Å². The molecular formula is C22H30N2O5Si. The molecule has 3 atom stereocenters. The molecule has 0 aliphatic carbocycles. The van der Waals surface area contributed by atoms with Gasteiger partial charge in [0.2, 0.25) is 0 Å². The van der Waals surface area contributed by atoms with Gasteiger partial charge in [0.25, 0.3) is 5.56 Å². The van der Waals surface area contributed by atoms with Crippen LogP contribution in [0.1, 0.15) is 33.3 Å². The Kier molecular flexibility index (Phi) is 6.24. The summed E-state index contributed by atoms with van der Waals surface area (Å²) in [5.41, 5.74) is -1.57. The van der Waals surface area contributed by atoms with Gasteiger partial charge < -0.3 is 14.9 Å². The van der Waals surface area contributed by atoms with Gasteiger partial charge in [-0.25, -0.2) is 4.79 Å². The van der Waals surface area contributed by atoms with Crippen molar-refractivity contribution in [3.05, 3.63) is 62.9 Å². The van der Waals surface area contributed by atoms with E-state index in [1.54, 1.807) is 6.92 Å². The first-order valence-electron chi connectivity index (χ1n) is 10.2. The van der Waals surface area contributed by atoms with Crippen molar-refractivity contribution >= 4 is 14.7 Å². The summed E-state index contributed by atoms with van der Waals surface area (Å²) in [6, 6.07) is 9.65. The van der Waals surface area contributed by atoms with E-state index in [1.807, 2.05) is 58.0 Å². The third-order valence-electron chi connectivity index (χ3n) is 6.39. The van der Waals surface area contributed by atoms with Crippen molar-refractivity contribution in [1.29, 1.82) is 0 Å². The number of aliphatic hydroxyl groups is 2. The fourth-order valence-corrected chi connectivity index (χ4v) is 7.33. The molecule has 162 valence electrons. The van der Waals surface area contributed by atoms with Gasteiger partial charge >= 0.3 is 5.69 Å². The number of aryl methyl sites for hydroxylation is 1. The summed E-state index contributed by atoms with van der Waals surface area (Å²) in [6.07, 6.45) is -0.341. The standard InChI is InChI=1S/C22H30N2O5Si/c1-13(2)21(14(3)4)18(26)17(12-25)29-22(21,30-16-9-7-6-8-10-16)24-11-15(5)19(27)23-20(24)28/h6-11,13-14,17-18,25-26H,12H2,1-5H3,(H,23,27,28)/t17-,18-,22+/m1/s1. The van der Waals surface area contributed by atoms with Crippen LogP contribution in [0.2, 0.25) is 0 Å². The van der Waals surface area contributed by atoms with E-state index in [-0.39, 0.29) is 28.0 Å². The van der Waals surface area contributed by atoms with Crippen LogP contribution in [-0.2, 0) is 10.1 Å². The average Bonchev–Trinajstić information content (AvgIpc) is 2.94. The maximum atomic E-state index is 13.1. The zero-order valence-corrected chi connectivity index (χ0v) is 19.0. The maximum absolute atomic E-state index is 13.1. The Bertz CT molecular complexity index is 993. The molecule has 3 N–H and O–H groups in total. The molecule has 0 saturated carbocycles. The largest absolute Gasteiger partial charge is 0.394 e. The lowest BCUT2D eigenvalue weighted by molar-refractivity contribution is -0.130. The van der Waals surface area contributed by atoms with Crippen molar-refractivity contribution in [2.45, 2.75) is 52.2 Å². The molecule has 30 heavy (non-hydrogen) atoms. The number of nitrogens with one attached hydrogen (secondary N) is 1. The summed E-state index contributed by atoms with van der Waals surface area (Å²) in [6.45, 7) is 9.26. The van der Waals surface area contributed by atoms with E-state index in [0.29, 0.717) is 5.56 Å². The molecule has 1 aliphatic heterocycles. The fraction of sp³-hybridized carbons (Fsp3) is 0.545. The molecule has 2 aromatic rings. The summed E-state index contributed by atoms with van der Waals surface area (Å²) in [5.74, 6) is -0.196. The maximum Gasteiger partial charge on any atom is 0.330 e. The van der Waals surface area contributed by atoms with Crippen LogP contribution in [0.3, 0.4) is 0 Å². The average molecular weight is 431 g/mol. The molecule has 1 saturated heterocycles. The zero-order valence-electron chi connectivity index (χ0n) is 18.0. The monoisotopic (exact) mass is 430 g/mol. The Labute approximate surface area is 178 Å². The highest BCUT2D eigenvalue weighted by Gasteiger charge is 2.69. The van der Waals surface area contributed by atoms with Crippen molar-refractivity contribution in [2.75, 3.05) is 6.61 Å². The number of hydrogen-bond acceptors (Lipinski definition) is 5. The number of aliphatic hydroxyl groups excluding tert-OH is 2. The van der Waals surface area contributed by atoms with Gasteiger partial charge in [-0.2, -0.15) is 0 Å². The highest BCUT2D eigenvalue weighted by atomic mass is 28.2. The molecule has 1 aromatic heterocycles. The third-order valence-corrected chi connectivity index (χ3v) is 8.14. The van der Waals surface area contributed by atoms with E-state index in [9.17, 15) is 19.8 Å². The SMILES string of the molecule is Cc1cn([C@]2([Si]c3ccccc3)O[C@H](CO)[C@@H](O)C2(C(C)C)C(C)C)c(=O)[nH]c1=O. The number of H-pyrrole nitrogens is 1. The smallest absolute Gasteiger partial charge is 0.330 e. The summed E-state index contributed by atoms with van der Waals surface area (Å²) >= 11 is 0. The van der Waals surface area contributed by atoms with Crippen LogP contribution in [0.5, 0.6) is 0 Å². The lowest BCUT2D eigenvalue weighted by Gasteiger charge is -2.52. The molecule has 0 amide bonds. The van der Waals surface area contributed by atoms with Crippen LogP contribution in [0.15, 0.2) is 46.1 Å². The Balaban J connectivity index is 2.42. The predicted molar refractivity (Wildman–Crippen MR) is 116 cm³/mol. The van der Waals surface area contributed by atoms with Crippen LogP contribution < -0.4 is 16.4 Å². The van der Waals surface area contributed by atoms with Crippen molar-refractivity contribution in [3.63, 3.8) is 0 Å². The van der Waals surface area contributed by atoms with Gasteiger partial charge in [-0.05, 0) is 18.8 Å². The zero-order chi connectivity index (χ0) is 22.3. The van der Waals surface area contributed by atoms with Crippen LogP contribution in [0.25, 0.3) is 0 Å².